The molecule has 0 aliphatic rings. The van der Waals surface area contributed by atoms with Crippen molar-refractivity contribution in [3.8, 4) is 34.3 Å². The minimum Gasteiger partial charge on any atom is -0.489 e. The second-order valence-electron chi connectivity index (χ2n) is 15.6. The lowest BCUT2D eigenvalue weighted by molar-refractivity contribution is 0.0519. The Hall–Kier alpha value is -8.55. The fourth-order valence-electron chi connectivity index (χ4n) is 7.06. The molecule has 1 N–H and O–H groups in total. The van der Waals surface area contributed by atoms with Crippen LogP contribution in [0.25, 0.3) is 17.1 Å². The zero-order chi connectivity index (χ0) is 48.4. The molecule has 3 heterocycles. The third-order valence-corrected chi connectivity index (χ3v) is 11.0. The molecule has 69 heavy (non-hydrogen) atoms. The molecule has 9 rings (SSSR count). The Bertz CT molecular complexity index is 2990. The molecule has 0 saturated carbocycles. The lowest BCUT2D eigenvalue weighted by atomic mass is 10.2. The molecule has 3 aromatic heterocycles. The van der Waals surface area contributed by atoms with Crippen LogP contribution in [0.15, 0.2) is 183 Å². The van der Waals surface area contributed by atoms with Gasteiger partial charge in [0.15, 0.2) is 12.0 Å². The Morgan fingerprint density at radius 3 is 1.25 bits per heavy atom. The summed E-state index contributed by atoms with van der Waals surface area (Å²) in [7, 11) is 0. The van der Waals surface area contributed by atoms with Gasteiger partial charge in [0, 0.05) is 22.8 Å². The Morgan fingerprint density at radius 2 is 0.884 bits per heavy atom. The Morgan fingerprint density at radius 1 is 0.507 bits per heavy atom. The summed E-state index contributed by atoms with van der Waals surface area (Å²) in [6.07, 6.45) is 5.77. The molecule has 13 nitrogen and oxygen atoms in total. The van der Waals surface area contributed by atoms with Crippen molar-refractivity contribution in [1.82, 2.24) is 28.7 Å². The van der Waals surface area contributed by atoms with Crippen molar-refractivity contribution >= 4 is 12.3 Å². The largest absolute Gasteiger partial charge is 0.489 e. The highest BCUT2D eigenvalue weighted by molar-refractivity contribution is 5.88. The molecule has 13 heteroatoms. The summed E-state index contributed by atoms with van der Waals surface area (Å²) in [4.78, 5) is 35.1. The number of carbonyl (C=O) groups is 2. The van der Waals surface area contributed by atoms with Crippen LogP contribution >= 0.6 is 0 Å². The summed E-state index contributed by atoms with van der Waals surface area (Å²) in [5.41, 5.74) is 10.3. The average molecular weight is 923 g/mol. The van der Waals surface area contributed by atoms with Crippen molar-refractivity contribution in [2.45, 2.75) is 54.1 Å². The van der Waals surface area contributed by atoms with Crippen LogP contribution in [-0.4, -0.2) is 52.6 Å². The van der Waals surface area contributed by atoms with E-state index in [1.165, 1.54) is 0 Å². The Balaban J connectivity index is 0.000000153. The normalized spacial score (nSPS) is 10.5. The summed E-state index contributed by atoms with van der Waals surface area (Å²) >= 11 is 0. The third-order valence-electron chi connectivity index (χ3n) is 11.0. The van der Waals surface area contributed by atoms with E-state index in [9.17, 15) is 14.7 Å². The van der Waals surface area contributed by atoms with Gasteiger partial charge in [0.05, 0.1) is 36.6 Å². The quantitative estimate of drug-likeness (QED) is 0.0734. The summed E-state index contributed by atoms with van der Waals surface area (Å²) in [5.74, 6) is 2.02. The maximum absolute atomic E-state index is 11.9. The molecule has 0 radical (unpaired) electrons. The van der Waals surface area contributed by atoms with Crippen molar-refractivity contribution in [3.63, 3.8) is 0 Å². The smallest absolute Gasteiger partial charge is 0.358 e. The number of hydrogen-bond donors (Lipinski definition) is 1. The van der Waals surface area contributed by atoms with Crippen LogP contribution in [0.1, 0.15) is 67.4 Å². The second kappa shape index (κ2) is 24.3. The maximum Gasteiger partial charge on any atom is 0.358 e. The molecule has 0 fully saturated rings. The zero-order valence-corrected chi connectivity index (χ0v) is 39.0. The first-order valence-electron chi connectivity index (χ1n) is 22.4. The van der Waals surface area contributed by atoms with Gasteiger partial charge in [-0.15, -0.1) is 0 Å². The molecule has 350 valence electrons. The van der Waals surface area contributed by atoms with E-state index in [1.54, 1.807) is 25.9 Å². The number of nitrogens with zero attached hydrogens (tertiary/aromatic N) is 6. The topological polar surface area (TPSA) is 145 Å². The highest BCUT2D eigenvalue weighted by Crippen LogP contribution is 2.22. The molecule has 0 saturated heterocycles. The highest BCUT2D eigenvalue weighted by atomic mass is 16.5. The Kier molecular flexibility index (Phi) is 17.0. The molecule has 0 amide bonds. The lowest BCUT2D eigenvalue weighted by Crippen LogP contribution is -2.07. The van der Waals surface area contributed by atoms with Gasteiger partial charge in [-0.05, 0) is 117 Å². The first-order valence-corrected chi connectivity index (χ1v) is 22.4. The van der Waals surface area contributed by atoms with E-state index in [4.69, 9.17) is 18.9 Å². The van der Waals surface area contributed by atoms with Crippen molar-refractivity contribution in [3.05, 3.63) is 234 Å². The standard InChI is InChI=1S/C20H20N2O3.C18H18N2O2.C18H16N2O2/c1-3-24-20(23)19-15(2)22(14-21-19)17-9-11-18(12-10-17)25-13-16-7-5-4-6-8-16;2*1-14-18(11-21)19-13-20(14)16-7-9-17(10-8-16)22-12-15-5-3-2-4-6-15/h4-12,14H,3,13H2,1-2H3;2-10,13,21H,11-12H2,1H3;2-11,13H,12H2,1H3. The fraction of sp³-hybridized carbons (Fsp3) is 0.161. The van der Waals surface area contributed by atoms with Crippen LogP contribution in [0.4, 0.5) is 0 Å². The average Bonchev–Trinajstić information content (AvgIpc) is 4.11. The number of aromatic nitrogens is 6. The molecule has 0 bridgehead atoms. The number of ether oxygens (including phenoxy) is 4. The van der Waals surface area contributed by atoms with Crippen LogP contribution in [0, 0.1) is 20.8 Å². The minimum atomic E-state index is -0.401. The van der Waals surface area contributed by atoms with Gasteiger partial charge in [0.1, 0.15) is 55.4 Å². The molecule has 9 aromatic rings. The van der Waals surface area contributed by atoms with Crippen LogP contribution in [0.5, 0.6) is 17.2 Å². The van der Waals surface area contributed by atoms with Crippen LogP contribution < -0.4 is 14.2 Å². The van der Waals surface area contributed by atoms with E-state index >= 15 is 0 Å². The van der Waals surface area contributed by atoms with Gasteiger partial charge in [-0.1, -0.05) is 91.0 Å². The van der Waals surface area contributed by atoms with Gasteiger partial charge in [-0.2, -0.15) is 0 Å². The van der Waals surface area contributed by atoms with Crippen molar-refractivity contribution in [1.29, 1.82) is 0 Å². The number of imidazole rings is 3. The van der Waals surface area contributed by atoms with Crippen LogP contribution in [0.2, 0.25) is 0 Å². The lowest BCUT2D eigenvalue weighted by Gasteiger charge is -2.09. The summed E-state index contributed by atoms with van der Waals surface area (Å²) in [5, 5.41) is 9.21. The number of aliphatic hydroxyl groups excluding tert-OH is 1. The van der Waals surface area contributed by atoms with Gasteiger partial charge in [-0.3, -0.25) is 4.79 Å². The number of benzene rings is 6. The summed E-state index contributed by atoms with van der Waals surface area (Å²) in [6, 6.07) is 53.4. The second-order valence-corrected chi connectivity index (χ2v) is 15.6. The first kappa shape index (κ1) is 48.4. The van der Waals surface area contributed by atoms with E-state index in [0.717, 1.165) is 74.4 Å². The van der Waals surface area contributed by atoms with Gasteiger partial charge in [-0.25, -0.2) is 19.7 Å². The van der Waals surface area contributed by atoms with Gasteiger partial charge in [0.25, 0.3) is 0 Å². The molecule has 0 spiro atoms. The van der Waals surface area contributed by atoms with Gasteiger partial charge < -0.3 is 37.8 Å². The number of hydrogen-bond acceptors (Lipinski definition) is 10. The fourth-order valence-corrected chi connectivity index (χ4v) is 7.06. The zero-order valence-electron chi connectivity index (χ0n) is 39.0. The molecular formula is C56H54N6O7. The molecule has 0 aliphatic carbocycles. The number of carbonyl (C=O) groups excluding carboxylic acids is 2. The van der Waals surface area contributed by atoms with E-state index in [1.807, 2.05) is 198 Å². The Labute approximate surface area is 401 Å². The van der Waals surface area contributed by atoms with E-state index in [-0.39, 0.29) is 6.61 Å². The first-order chi connectivity index (χ1) is 33.7. The van der Waals surface area contributed by atoms with E-state index in [0.29, 0.717) is 43.5 Å². The molecule has 0 aliphatic heterocycles. The van der Waals surface area contributed by atoms with Crippen molar-refractivity contribution in [2.75, 3.05) is 6.61 Å². The molecule has 6 aromatic carbocycles. The van der Waals surface area contributed by atoms with E-state index < -0.39 is 5.97 Å². The van der Waals surface area contributed by atoms with Crippen LogP contribution in [-0.2, 0) is 31.2 Å². The number of aldehydes is 1. The van der Waals surface area contributed by atoms with Crippen LogP contribution in [0.3, 0.4) is 0 Å². The number of esters is 1. The van der Waals surface area contributed by atoms with E-state index in [2.05, 4.69) is 15.0 Å². The molecule has 0 atom stereocenters. The predicted molar refractivity (Wildman–Crippen MR) is 264 cm³/mol. The maximum atomic E-state index is 11.9. The predicted octanol–water partition coefficient (Wildman–Crippen LogP) is 10.8. The van der Waals surface area contributed by atoms with Gasteiger partial charge in [0.2, 0.25) is 0 Å². The third kappa shape index (κ3) is 13.1. The van der Waals surface area contributed by atoms with Gasteiger partial charge >= 0.3 is 5.97 Å². The number of rotatable bonds is 16. The minimum absolute atomic E-state index is 0.0445. The summed E-state index contributed by atoms with van der Waals surface area (Å²) in [6.45, 7) is 9.35. The number of aliphatic hydroxyl groups is 1. The molecule has 0 unspecified atom stereocenters. The SMILES string of the molecule is CCOC(=O)c1ncn(-c2ccc(OCc3ccccc3)cc2)c1C.Cc1c(C=O)ncn1-c1ccc(OCc2ccccc2)cc1.Cc1c(CO)ncn1-c1ccc(OCc2ccccc2)cc1. The highest BCUT2D eigenvalue weighted by Gasteiger charge is 2.17. The monoisotopic (exact) mass is 922 g/mol. The summed E-state index contributed by atoms with van der Waals surface area (Å²) < 4.78 is 28.0. The van der Waals surface area contributed by atoms with Crippen molar-refractivity contribution < 1.29 is 33.6 Å². The van der Waals surface area contributed by atoms with Crippen molar-refractivity contribution in [2.24, 2.45) is 0 Å². The molecular weight excluding hydrogens is 869 g/mol.